The number of nitrogens with one attached hydrogen (secondary N) is 2. The van der Waals surface area contributed by atoms with Crippen molar-refractivity contribution in [2.45, 2.75) is 77.2 Å². The van der Waals surface area contributed by atoms with Crippen LogP contribution in [0.4, 0.5) is 21.9 Å². The van der Waals surface area contributed by atoms with Crippen LogP contribution in [0.3, 0.4) is 0 Å². The summed E-state index contributed by atoms with van der Waals surface area (Å²) >= 11 is 0. The number of aromatic amines is 1. The van der Waals surface area contributed by atoms with Gasteiger partial charge in [0.15, 0.2) is 0 Å². The van der Waals surface area contributed by atoms with Crippen LogP contribution < -0.4 is 10.2 Å². The zero-order chi connectivity index (χ0) is 29.9. The topological polar surface area (TPSA) is 76.6 Å². The van der Waals surface area contributed by atoms with Gasteiger partial charge in [-0.25, -0.2) is 14.8 Å². The number of aryl methyl sites for hydroxylation is 3. The van der Waals surface area contributed by atoms with E-state index in [-0.39, 0.29) is 12.1 Å². The van der Waals surface area contributed by atoms with Crippen LogP contribution in [0.1, 0.15) is 73.0 Å². The second-order valence-corrected chi connectivity index (χ2v) is 12.6. The number of fused-ring (bicyclic) bond motifs is 2. The maximum Gasteiger partial charge on any atom is 0.349 e. The lowest BCUT2D eigenvalue weighted by Gasteiger charge is -2.31. The number of H-pyrrole nitrogens is 1. The number of hydrazone groups is 1. The number of carbonyl (C=O) groups is 1. The molecule has 1 fully saturated rings. The third-order valence-electron chi connectivity index (χ3n) is 9.59. The van der Waals surface area contributed by atoms with Crippen molar-refractivity contribution < 1.29 is 4.79 Å². The molecule has 7 nitrogen and oxygen atoms in total. The van der Waals surface area contributed by atoms with Crippen LogP contribution in [-0.4, -0.2) is 39.3 Å². The molecule has 2 N–H and O–H groups in total. The Kier molecular flexibility index (Phi) is 8.18. The molecular formula is C37H42N6O. The maximum absolute atomic E-state index is 14.8. The minimum atomic E-state index is -0.0582. The van der Waals surface area contributed by atoms with Gasteiger partial charge in [-0.3, -0.25) is 4.90 Å². The molecular weight excluding hydrogens is 544 g/mol. The van der Waals surface area contributed by atoms with Gasteiger partial charge in [0.2, 0.25) is 0 Å². The van der Waals surface area contributed by atoms with Gasteiger partial charge in [0.1, 0.15) is 5.82 Å². The van der Waals surface area contributed by atoms with Crippen LogP contribution in [0.5, 0.6) is 0 Å². The Bertz CT molecular complexity index is 1590. The lowest BCUT2D eigenvalue weighted by Crippen LogP contribution is -2.43. The quantitative estimate of drug-likeness (QED) is 0.214. The molecule has 44 heavy (non-hydrogen) atoms. The molecule has 7 heteroatoms. The minimum Gasteiger partial charge on any atom is -0.385 e. The molecule has 1 aromatic heterocycles. The van der Waals surface area contributed by atoms with E-state index in [0.29, 0.717) is 5.92 Å². The Hall–Kier alpha value is -4.39. The number of nitrogens with zero attached hydrogens (tertiary/aromatic N) is 4. The van der Waals surface area contributed by atoms with Gasteiger partial charge in [-0.2, -0.15) is 5.10 Å². The SMILES string of the molecule is Cc1ccc2c(c1)N(c1ccc(NCCc3ncc[nH]3)cc1)C(=O)N(C1CCc3ccccc3CC1)N=C2C1CCCCC1. The van der Waals surface area contributed by atoms with Crippen molar-refractivity contribution in [2.75, 3.05) is 16.8 Å². The van der Waals surface area contributed by atoms with Crippen molar-refractivity contribution in [3.63, 3.8) is 0 Å². The summed E-state index contributed by atoms with van der Waals surface area (Å²) in [6, 6.07) is 23.5. The number of hydrogen-bond acceptors (Lipinski definition) is 4. The Morgan fingerprint density at radius 2 is 1.66 bits per heavy atom. The van der Waals surface area contributed by atoms with Crippen molar-refractivity contribution in [2.24, 2.45) is 11.0 Å². The van der Waals surface area contributed by atoms with E-state index in [1.807, 2.05) is 16.1 Å². The molecule has 0 unspecified atom stereocenters. The van der Waals surface area contributed by atoms with Crippen molar-refractivity contribution in [1.82, 2.24) is 15.0 Å². The molecule has 3 aliphatic rings. The monoisotopic (exact) mass is 586 g/mol. The zero-order valence-electron chi connectivity index (χ0n) is 25.6. The van der Waals surface area contributed by atoms with E-state index in [1.54, 1.807) is 6.20 Å². The smallest absolute Gasteiger partial charge is 0.349 e. The first kappa shape index (κ1) is 28.4. The van der Waals surface area contributed by atoms with Gasteiger partial charge in [0.25, 0.3) is 0 Å². The molecule has 2 amide bonds. The predicted molar refractivity (Wildman–Crippen MR) is 178 cm³/mol. The number of carbonyl (C=O) groups excluding carboxylic acids is 1. The summed E-state index contributed by atoms with van der Waals surface area (Å²) in [6.07, 6.45) is 14.2. The normalized spacial score (nSPS) is 17.8. The molecule has 2 aliphatic carbocycles. The number of amides is 2. The fourth-order valence-electron chi connectivity index (χ4n) is 7.19. The molecule has 0 saturated heterocycles. The second-order valence-electron chi connectivity index (χ2n) is 12.6. The van der Waals surface area contributed by atoms with E-state index < -0.39 is 0 Å². The summed E-state index contributed by atoms with van der Waals surface area (Å²) < 4.78 is 0. The summed E-state index contributed by atoms with van der Waals surface area (Å²) in [5, 5.41) is 10.7. The number of hydrogen-bond donors (Lipinski definition) is 2. The highest BCUT2D eigenvalue weighted by atomic mass is 16.2. The van der Waals surface area contributed by atoms with E-state index in [1.165, 1.54) is 30.4 Å². The highest BCUT2D eigenvalue weighted by Crippen LogP contribution is 2.39. The molecule has 0 radical (unpaired) electrons. The number of rotatable bonds is 7. The van der Waals surface area contributed by atoms with Gasteiger partial charge in [-0.15, -0.1) is 0 Å². The first-order valence-electron chi connectivity index (χ1n) is 16.4. The third-order valence-corrected chi connectivity index (χ3v) is 9.59. The third kappa shape index (κ3) is 5.88. The molecule has 2 heterocycles. The second kappa shape index (κ2) is 12.7. The summed E-state index contributed by atoms with van der Waals surface area (Å²) in [5.74, 6) is 1.33. The van der Waals surface area contributed by atoms with Gasteiger partial charge in [0.05, 0.1) is 23.1 Å². The van der Waals surface area contributed by atoms with Crippen LogP contribution in [-0.2, 0) is 19.3 Å². The zero-order valence-corrected chi connectivity index (χ0v) is 25.6. The largest absolute Gasteiger partial charge is 0.385 e. The fraction of sp³-hybridized carbons (Fsp3) is 0.378. The van der Waals surface area contributed by atoms with Crippen molar-refractivity contribution >= 4 is 28.8 Å². The van der Waals surface area contributed by atoms with Crippen LogP contribution in [0.25, 0.3) is 0 Å². The van der Waals surface area contributed by atoms with Gasteiger partial charge < -0.3 is 10.3 Å². The number of urea groups is 1. The summed E-state index contributed by atoms with van der Waals surface area (Å²) in [7, 11) is 0. The maximum atomic E-state index is 14.8. The highest BCUT2D eigenvalue weighted by molar-refractivity contribution is 6.14. The first-order valence-corrected chi connectivity index (χ1v) is 16.4. The first-order chi connectivity index (χ1) is 21.6. The average molecular weight is 587 g/mol. The molecule has 1 saturated carbocycles. The number of imidazole rings is 1. The van der Waals surface area contributed by atoms with Crippen molar-refractivity contribution in [3.8, 4) is 0 Å². The van der Waals surface area contributed by atoms with Crippen molar-refractivity contribution in [3.05, 3.63) is 107 Å². The van der Waals surface area contributed by atoms with E-state index in [9.17, 15) is 4.79 Å². The molecule has 7 rings (SSSR count). The summed E-state index contributed by atoms with van der Waals surface area (Å²) in [4.78, 5) is 24.2. The summed E-state index contributed by atoms with van der Waals surface area (Å²) in [6.45, 7) is 2.88. The van der Waals surface area contributed by atoms with E-state index in [2.05, 4.69) is 88.9 Å². The number of benzene rings is 3. The lowest BCUT2D eigenvalue weighted by atomic mass is 9.82. The number of anilines is 3. The molecule has 0 bridgehead atoms. The van der Waals surface area contributed by atoms with Crippen LogP contribution >= 0.6 is 0 Å². The molecule has 3 aromatic carbocycles. The van der Waals surface area contributed by atoms with Crippen LogP contribution in [0.2, 0.25) is 0 Å². The standard InChI is InChI=1S/C37H42N6O/c1-26-11-20-33-34(25-26)42(31-18-14-30(15-19-31)38-22-21-35-39-23-24-40-35)37(44)43(41-36(33)29-9-3-2-4-10-29)32-16-12-27-7-5-6-8-28(27)13-17-32/h5-8,11,14-15,18-20,23-25,29,32,38H,2-4,9-10,12-13,16-17,21-22H2,1H3,(H,39,40). The Morgan fingerprint density at radius 3 is 2.36 bits per heavy atom. The van der Waals surface area contributed by atoms with Crippen molar-refractivity contribution in [1.29, 1.82) is 0 Å². The molecule has 0 spiro atoms. The van der Waals surface area contributed by atoms with Gasteiger partial charge >= 0.3 is 6.03 Å². The molecule has 0 atom stereocenters. The fourth-order valence-corrected chi connectivity index (χ4v) is 7.19. The average Bonchev–Trinajstić information content (AvgIpc) is 3.44. The van der Waals surface area contributed by atoms with Crippen LogP contribution in [0, 0.1) is 12.8 Å². The van der Waals surface area contributed by atoms with Gasteiger partial charge in [0, 0.05) is 42.5 Å². The Balaban J connectivity index is 1.24. The lowest BCUT2D eigenvalue weighted by molar-refractivity contribution is 0.179. The highest BCUT2D eigenvalue weighted by Gasteiger charge is 2.37. The summed E-state index contributed by atoms with van der Waals surface area (Å²) in [5.41, 5.74) is 8.95. The minimum absolute atomic E-state index is 0.0361. The molecule has 4 aromatic rings. The predicted octanol–water partition coefficient (Wildman–Crippen LogP) is 8.18. The molecule has 1 aliphatic heterocycles. The van der Waals surface area contributed by atoms with E-state index >= 15 is 0 Å². The Morgan fingerprint density at radius 1 is 0.909 bits per heavy atom. The van der Waals surface area contributed by atoms with Crippen LogP contribution in [0.15, 0.2) is 84.2 Å². The number of aromatic nitrogens is 2. The van der Waals surface area contributed by atoms with Gasteiger partial charge in [-0.05, 0) is 92.5 Å². The van der Waals surface area contributed by atoms with Gasteiger partial charge in [-0.1, -0.05) is 55.7 Å². The van der Waals surface area contributed by atoms with E-state index in [0.717, 1.165) is 91.2 Å². The Labute approximate surface area is 260 Å². The van der Waals surface area contributed by atoms with E-state index in [4.69, 9.17) is 5.10 Å². The molecule has 226 valence electrons.